The van der Waals surface area contributed by atoms with Crippen molar-refractivity contribution in [2.45, 2.75) is 23.8 Å². The van der Waals surface area contributed by atoms with Crippen LogP contribution in [0, 0.1) is 5.41 Å². The number of alkyl halides is 1. The van der Waals surface area contributed by atoms with Crippen LogP contribution in [-0.4, -0.2) is 9.93 Å². The molecule has 98 valence electrons. The minimum absolute atomic E-state index is 0.157. The fourth-order valence-electron chi connectivity index (χ4n) is 2.87. The molecular weight excluding hydrogens is 300 g/mol. The lowest BCUT2D eigenvalue weighted by molar-refractivity contribution is 0.0110. The van der Waals surface area contributed by atoms with Crippen molar-refractivity contribution >= 4 is 15.9 Å². The van der Waals surface area contributed by atoms with Gasteiger partial charge in [-0.25, -0.2) is 0 Å². The molecule has 1 N–H and O–H groups in total. The molecule has 0 radical (unpaired) electrons. The van der Waals surface area contributed by atoms with E-state index in [2.05, 4.69) is 22.9 Å². The topological polar surface area (TPSA) is 20.2 Å². The number of halogens is 1. The number of hydrogen-bond acceptors (Lipinski definition) is 1. The predicted molar refractivity (Wildman–Crippen MR) is 81.3 cm³/mol. The van der Waals surface area contributed by atoms with Gasteiger partial charge in [0.15, 0.2) is 0 Å². The third-order valence-electron chi connectivity index (χ3n) is 4.34. The molecule has 2 aromatic rings. The molecule has 2 heteroatoms. The Bertz CT molecular complexity index is 527. The van der Waals surface area contributed by atoms with Gasteiger partial charge < -0.3 is 5.11 Å². The molecule has 0 aliphatic heterocycles. The maximum Gasteiger partial charge on any atom is 0.121 e. The lowest BCUT2D eigenvalue weighted by Gasteiger charge is -2.36. The molecule has 2 atom stereocenters. The number of benzene rings is 2. The Morgan fingerprint density at radius 2 is 1.37 bits per heavy atom. The first-order valence-corrected chi connectivity index (χ1v) is 7.48. The van der Waals surface area contributed by atoms with Gasteiger partial charge in [0.25, 0.3) is 0 Å². The second-order valence-electron chi connectivity index (χ2n) is 5.53. The van der Waals surface area contributed by atoms with E-state index in [4.69, 9.17) is 0 Å². The van der Waals surface area contributed by atoms with Crippen LogP contribution in [0.1, 0.15) is 24.5 Å². The van der Waals surface area contributed by atoms with Crippen molar-refractivity contribution < 1.29 is 5.11 Å². The van der Waals surface area contributed by atoms with Crippen LogP contribution >= 0.6 is 15.9 Å². The molecular formula is C17H17BrO. The van der Waals surface area contributed by atoms with Gasteiger partial charge >= 0.3 is 0 Å². The summed E-state index contributed by atoms with van der Waals surface area (Å²) < 4.78 is 0. The van der Waals surface area contributed by atoms with Gasteiger partial charge in [-0.15, -0.1) is 0 Å². The van der Waals surface area contributed by atoms with Gasteiger partial charge in [-0.3, -0.25) is 0 Å². The number of hydrogen-bond donors (Lipinski definition) is 1. The Balaban J connectivity index is 2.18. The highest BCUT2D eigenvalue weighted by atomic mass is 79.9. The Morgan fingerprint density at radius 3 is 1.68 bits per heavy atom. The summed E-state index contributed by atoms with van der Waals surface area (Å²) in [5.74, 6) is 0. The quantitative estimate of drug-likeness (QED) is 0.845. The van der Waals surface area contributed by atoms with Gasteiger partial charge in [0, 0.05) is 10.2 Å². The average molecular weight is 317 g/mol. The number of rotatable bonds is 3. The molecule has 0 saturated heterocycles. The Labute approximate surface area is 122 Å². The first-order chi connectivity index (χ1) is 9.09. The average Bonchev–Trinajstić information content (AvgIpc) is 3.09. The molecule has 0 spiro atoms. The summed E-state index contributed by atoms with van der Waals surface area (Å²) in [6.07, 6.45) is 0.979. The second-order valence-corrected chi connectivity index (χ2v) is 6.64. The largest absolute Gasteiger partial charge is 0.380 e. The highest BCUT2D eigenvalue weighted by Crippen LogP contribution is 2.63. The van der Waals surface area contributed by atoms with Gasteiger partial charge in [-0.2, -0.15) is 0 Å². The van der Waals surface area contributed by atoms with E-state index in [0.717, 1.165) is 17.5 Å². The molecule has 3 rings (SSSR count). The van der Waals surface area contributed by atoms with E-state index in [9.17, 15) is 5.11 Å². The van der Waals surface area contributed by atoms with E-state index in [0.29, 0.717) is 4.83 Å². The Morgan fingerprint density at radius 1 is 1.00 bits per heavy atom. The summed E-state index contributed by atoms with van der Waals surface area (Å²) in [5.41, 5.74) is 0.829. The van der Waals surface area contributed by atoms with Crippen LogP contribution in [0.2, 0.25) is 0 Å². The molecule has 1 nitrogen and oxygen atoms in total. The molecule has 1 fully saturated rings. The van der Waals surface area contributed by atoms with Crippen LogP contribution in [0.25, 0.3) is 0 Å². The fraction of sp³-hybridized carbons (Fsp3) is 0.294. The van der Waals surface area contributed by atoms with Gasteiger partial charge in [0.05, 0.1) is 0 Å². The van der Waals surface area contributed by atoms with Crippen LogP contribution in [0.3, 0.4) is 0 Å². The Kier molecular flexibility index (Phi) is 3.03. The number of aliphatic hydroxyl groups is 1. The second kappa shape index (κ2) is 4.46. The highest BCUT2D eigenvalue weighted by Gasteiger charge is 2.63. The fourth-order valence-corrected chi connectivity index (χ4v) is 3.88. The molecule has 1 aliphatic carbocycles. The zero-order chi connectivity index (χ0) is 13.5. The standard InChI is InChI=1S/C17H17BrO/c1-16(12-15(16)18)17(19,13-8-4-2-5-9-13)14-10-6-3-7-11-14/h2-11,15,19H,12H2,1H3/t15-,16-/m1/s1. The minimum Gasteiger partial charge on any atom is -0.380 e. The van der Waals surface area contributed by atoms with Crippen molar-refractivity contribution in [1.82, 2.24) is 0 Å². The van der Waals surface area contributed by atoms with Crippen LogP contribution in [0.5, 0.6) is 0 Å². The van der Waals surface area contributed by atoms with Crippen molar-refractivity contribution in [3.63, 3.8) is 0 Å². The molecule has 0 bridgehead atoms. The highest BCUT2D eigenvalue weighted by molar-refractivity contribution is 9.09. The van der Waals surface area contributed by atoms with E-state index >= 15 is 0 Å². The molecule has 19 heavy (non-hydrogen) atoms. The maximum absolute atomic E-state index is 11.5. The van der Waals surface area contributed by atoms with Crippen LogP contribution < -0.4 is 0 Å². The zero-order valence-corrected chi connectivity index (χ0v) is 12.5. The summed E-state index contributed by atoms with van der Waals surface area (Å²) >= 11 is 3.68. The van der Waals surface area contributed by atoms with Crippen molar-refractivity contribution in [2.24, 2.45) is 5.41 Å². The summed E-state index contributed by atoms with van der Waals surface area (Å²) in [6, 6.07) is 19.9. The van der Waals surface area contributed by atoms with E-state index in [1.807, 2.05) is 60.7 Å². The van der Waals surface area contributed by atoms with E-state index < -0.39 is 5.60 Å². The molecule has 0 heterocycles. The van der Waals surface area contributed by atoms with Crippen molar-refractivity contribution in [2.75, 3.05) is 0 Å². The first kappa shape index (κ1) is 12.9. The summed E-state index contributed by atoms with van der Waals surface area (Å²) in [4.78, 5) is 0.352. The Hall–Kier alpha value is -1.12. The predicted octanol–water partition coefficient (Wildman–Crippen LogP) is 4.10. The van der Waals surface area contributed by atoms with Gasteiger partial charge in [0.1, 0.15) is 5.60 Å². The molecule has 2 aromatic carbocycles. The SMILES string of the molecule is C[C@@]1(C(O)(c2ccccc2)c2ccccc2)C[C@H]1Br. The summed E-state index contributed by atoms with van der Waals surface area (Å²) in [7, 11) is 0. The van der Waals surface area contributed by atoms with Crippen molar-refractivity contribution in [3.05, 3.63) is 71.8 Å². The minimum atomic E-state index is -0.941. The third-order valence-corrected chi connectivity index (χ3v) is 5.68. The molecule has 0 amide bonds. The zero-order valence-electron chi connectivity index (χ0n) is 10.9. The van der Waals surface area contributed by atoms with Crippen molar-refractivity contribution in [1.29, 1.82) is 0 Å². The van der Waals surface area contributed by atoms with Crippen LogP contribution in [-0.2, 0) is 5.60 Å². The summed E-state index contributed by atoms with van der Waals surface area (Å²) in [6.45, 7) is 2.15. The first-order valence-electron chi connectivity index (χ1n) is 6.56. The molecule has 1 saturated carbocycles. The van der Waals surface area contributed by atoms with E-state index in [1.165, 1.54) is 0 Å². The van der Waals surface area contributed by atoms with Crippen LogP contribution in [0.4, 0.5) is 0 Å². The third kappa shape index (κ3) is 1.86. The molecule has 0 unspecified atom stereocenters. The van der Waals surface area contributed by atoms with Crippen molar-refractivity contribution in [3.8, 4) is 0 Å². The lowest BCUT2D eigenvalue weighted by Crippen LogP contribution is -2.37. The normalized spacial score (nSPS) is 26.2. The van der Waals surface area contributed by atoms with Gasteiger partial charge in [-0.1, -0.05) is 83.5 Å². The molecule has 0 aromatic heterocycles. The van der Waals surface area contributed by atoms with E-state index in [1.54, 1.807) is 0 Å². The van der Waals surface area contributed by atoms with Gasteiger partial charge in [-0.05, 0) is 17.5 Å². The summed E-state index contributed by atoms with van der Waals surface area (Å²) in [5, 5.41) is 11.5. The lowest BCUT2D eigenvalue weighted by atomic mass is 9.74. The van der Waals surface area contributed by atoms with Crippen LogP contribution in [0.15, 0.2) is 60.7 Å². The van der Waals surface area contributed by atoms with E-state index in [-0.39, 0.29) is 5.41 Å². The maximum atomic E-state index is 11.5. The smallest absolute Gasteiger partial charge is 0.121 e. The molecule has 1 aliphatic rings. The van der Waals surface area contributed by atoms with Gasteiger partial charge in [0.2, 0.25) is 0 Å². The monoisotopic (exact) mass is 316 g/mol.